The van der Waals surface area contributed by atoms with E-state index in [2.05, 4.69) is 19.2 Å². The second-order valence-corrected chi connectivity index (χ2v) is 6.24. The van der Waals surface area contributed by atoms with Gasteiger partial charge in [-0.25, -0.2) is 0 Å². The van der Waals surface area contributed by atoms with Gasteiger partial charge in [0.25, 0.3) is 0 Å². The van der Waals surface area contributed by atoms with E-state index in [0.717, 1.165) is 19.3 Å². The van der Waals surface area contributed by atoms with Crippen molar-refractivity contribution in [2.24, 2.45) is 17.3 Å². The molecule has 0 radical (unpaired) electrons. The first-order chi connectivity index (χ1) is 8.33. The van der Waals surface area contributed by atoms with Crippen LogP contribution in [-0.2, 0) is 9.59 Å². The Hall–Kier alpha value is -1.06. The monoisotopic (exact) mass is 255 g/mol. The molecular weight excluding hydrogens is 230 g/mol. The van der Waals surface area contributed by atoms with Gasteiger partial charge in [-0.2, -0.15) is 0 Å². The van der Waals surface area contributed by atoms with Gasteiger partial charge in [0, 0.05) is 18.9 Å². The van der Waals surface area contributed by atoms with Crippen LogP contribution < -0.4 is 5.32 Å². The normalized spacial score (nSPS) is 24.3. The average molecular weight is 255 g/mol. The molecule has 18 heavy (non-hydrogen) atoms. The van der Waals surface area contributed by atoms with Crippen molar-refractivity contribution in [1.82, 2.24) is 5.32 Å². The minimum Gasteiger partial charge on any atom is -0.481 e. The Kier molecular flexibility index (Phi) is 5.17. The molecule has 4 nitrogen and oxygen atoms in total. The molecule has 104 valence electrons. The maximum atomic E-state index is 12.1. The van der Waals surface area contributed by atoms with Crippen LogP contribution in [0, 0.1) is 17.3 Å². The molecule has 2 atom stereocenters. The molecule has 0 heterocycles. The standard InChI is InChI=1S/C14H25NO3/c1-10(8-12(16)17)9-15-13(18)11-6-4-5-7-14(11,2)3/h10-11H,4-9H2,1-3H3,(H,15,18)(H,16,17). The van der Waals surface area contributed by atoms with E-state index in [4.69, 9.17) is 5.11 Å². The second kappa shape index (κ2) is 6.21. The molecule has 1 amide bonds. The molecule has 4 heteroatoms. The fraction of sp³-hybridized carbons (Fsp3) is 0.857. The van der Waals surface area contributed by atoms with Crippen molar-refractivity contribution in [3.63, 3.8) is 0 Å². The minimum atomic E-state index is -0.810. The van der Waals surface area contributed by atoms with Gasteiger partial charge in [0.15, 0.2) is 0 Å². The van der Waals surface area contributed by atoms with Gasteiger partial charge >= 0.3 is 5.97 Å². The predicted octanol–water partition coefficient (Wildman–Crippen LogP) is 2.43. The summed E-state index contributed by atoms with van der Waals surface area (Å²) in [6.45, 7) is 6.60. The van der Waals surface area contributed by atoms with Crippen LogP contribution in [0.2, 0.25) is 0 Å². The fourth-order valence-corrected chi connectivity index (χ4v) is 2.75. The molecule has 0 aromatic heterocycles. The SMILES string of the molecule is CC(CNC(=O)C1CCCCC1(C)C)CC(=O)O. The number of nitrogens with one attached hydrogen (secondary N) is 1. The molecule has 1 rings (SSSR count). The molecule has 0 aliphatic heterocycles. The highest BCUT2D eigenvalue weighted by Gasteiger charge is 2.36. The first-order valence-electron chi connectivity index (χ1n) is 6.82. The summed E-state index contributed by atoms with van der Waals surface area (Å²) in [7, 11) is 0. The van der Waals surface area contributed by atoms with Crippen LogP contribution in [0.1, 0.15) is 52.9 Å². The zero-order valence-corrected chi connectivity index (χ0v) is 11.7. The van der Waals surface area contributed by atoms with Crippen molar-refractivity contribution in [2.75, 3.05) is 6.54 Å². The lowest BCUT2D eigenvalue weighted by atomic mass is 9.68. The van der Waals surface area contributed by atoms with E-state index in [1.54, 1.807) is 0 Å². The number of hydrogen-bond acceptors (Lipinski definition) is 2. The van der Waals surface area contributed by atoms with Gasteiger partial charge in [-0.15, -0.1) is 0 Å². The lowest BCUT2D eigenvalue weighted by molar-refractivity contribution is -0.138. The van der Waals surface area contributed by atoms with Crippen molar-refractivity contribution in [2.45, 2.75) is 52.9 Å². The highest BCUT2D eigenvalue weighted by Crippen LogP contribution is 2.40. The van der Waals surface area contributed by atoms with Crippen LogP contribution in [-0.4, -0.2) is 23.5 Å². The number of rotatable bonds is 5. The van der Waals surface area contributed by atoms with Crippen molar-refractivity contribution < 1.29 is 14.7 Å². The summed E-state index contributed by atoms with van der Waals surface area (Å²) in [5.74, 6) is -0.659. The number of carbonyl (C=O) groups is 2. The molecule has 0 saturated heterocycles. The molecule has 2 N–H and O–H groups in total. The average Bonchev–Trinajstić information content (AvgIpc) is 2.24. The van der Waals surface area contributed by atoms with Crippen LogP contribution in [0.4, 0.5) is 0 Å². The Labute approximate surface area is 109 Å². The van der Waals surface area contributed by atoms with Gasteiger partial charge in [0.2, 0.25) is 5.91 Å². The van der Waals surface area contributed by atoms with Crippen LogP contribution in [0.5, 0.6) is 0 Å². The summed E-state index contributed by atoms with van der Waals surface area (Å²) < 4.78 is 0. The van der Waals surface area contributed by atoms with E-state index in [1.165, 1.54) is 6.42 Å². The van der Waals surface area contributed by atoms with Gasteiger partial charge in [0.05, 0.1) is 0 Å². The molecule has 1 fully saturated rings. The van der Waals surface area contributed by atoms with Crippen molar-refractivity contribution in [3.05, 3.63) is 0 Å². The number of amides is 1. The Morgan fingerprint density at radius 3 is 2.61 bits per heavy atom. The van der Waals surface area contributed by atoms with Gasteiger partial charge in [-0.1, -0.05) is 33.6 Å². The molecule has 1 saturated carbocycles. The van der Waals surface area contributed by atoms with E-state index in [0.29, 0.717) is 6.54 Å². The summed E-state index contributed by atoms with van der Waals surface area (Å²) >= 11 is 0. The molecule has 1 aliphatic carbocycles. The van der Waals surface area contributed by atoms with E-state index in [1.807, 2.05) is 6.92 Å². The minimum absolute atomic E-state index is 0.0156. The summed E-state index contributed by atoms with van der Waals surface area (Å²) in [6.07, 6.45) is 4.47. The highest BCUT2D eigenvalue weighted by molar-refractivity contribution is 5.79. The van der Waals surface area contributed by atoms with E-state index >= 15 is 0 Å². The van der Waals surface area contributed by atoms with Gasteiger partial charge in [0.1, 0.15) is 0 Å². The maximum absolute atomic E-state index is 12.1. The predicted molar refractivity (Wildman–Crippen MR) is 70.2 cm³/mol. The summed E-state index contributed by atoms with van der Waals surface area (Å²) in [4.78, 5) is 22.7. The Balaban J connectivity index is 2.42. The van der Waals surface area contributed by atoms with Crippen LogP contribution in [0.3, 0.4) is 0 Å². The third-order valence-electron chi connectivity index (χ3n) is 3.97. The first kappa shape index (κ1) is 15.0. The van der Waals surface area contributed by atoms with Crippen LogP contribution in [0.15, 0.2) is 0 Å². The molecule has 0 spiro atoms. The zero-order valence-electron chi connectivity index (χ0n) is 11.7. The quantitative estimate of drug-likeness (QED) is 0.793. The summed E-state index contributed by atoms with van der Waals surface area (Å²) in [6, 6.07) is 0. The third-order valence-corrected chi connectivity index (χ3v) is 3.97. The van der Waals surface area contributed by atoms with E-state index < -0.39 is 5.97 Å². The zero-order chi connectivity index (χ0) is 13.8. The molecular formula is C14H25NO3. The van der Waals surface area contributed by atoms with Crippen LogP contribution >= 0.6 is 0 Å². The van der Waals surface area contributed by atoms with Crippen molar-refractivity contribution in [1.29, 1.82) is 0 Å². The van der Waals surface area contributed by atoms with Gasteiger partial charge in [-0.05, 0) is 24.2 Å². The molecule has 0 aromatic rings. The molecule has 2 unspecified atom stereocenters. The Morgan fingerprint density at radius 2 is 2.06 bits per heavy atom. The number of carbonyl (C=O) groups excluding carboxylic acids is 1. The topological polar surface area (TPSA) is 66.4 Å². The van der Waals surface area contributed by atoms with Crippen molar-refractivity contribution >= 4 is 11.9 Å². The maximum Gasteiger partial charge on any atom is 0.303 e. The summed E-state index contributed by atoms with van der Waals surface area (Å²) in [5.41, 5.74) is 0.0678. The van der Waals surface area contributed by atoms with Crippen molar-refractivity contribution in [3.8, 4) is 0 Å². The van der Waals surface area contributed by atoms with E-state index in [9.17, 15) is 9.59 Å². The second-order valence-electron chi connectivity index (χ2n) is 6.24. The smallest absolute Gasteiger partial charge is 0.303 e. The molecule has 0 aromatic carbocycles. The number of carboxylic acid groups (broad SMARTS) is 1. The first-order valence-corrected chi connectivity index (χ1v) is 6.82. The molecule has 0 bridgehead atoms. The Bertz CT molecular complexity index is 312. The largest absolute Gasteiger partial charge is 0.481 e. The Morgan fingerprint density at radius 1 is 1.39 bits per heavy atom. The summed E-state index contributed by atoms with van der Waals surface area (Å²) in [5, 5.41) is 11.6. The number of hydrogen-bond donors (Lipinski definition) is 2. The highest BCUT2D eigenvalue weighted by atomic mass is 16.4. The lowest BCUT2D eigenvalue weighted by Crippen LogP contribution is -2.42. The number of carboxylic acids is 1. The van der Waals surface area contributed by atoms with Crippen LogP contribution in [0.25, 0.3) is 0 Å². The fourth-order valence-electron chi connectivity index (χ4n) is 2.75. The van der Waals surface area contributed by atoms with Gasteiger partial charge < -0.3 is 10.4 Å². The lowest BCUT2D eigenvalue weighted by Gasteiger charge is -2.37. The van der Waals surface area contributed by atoms with E-state index in [-0.39, 0.29) is 29.6 Å². The molecule has 1 aliphatic rings. The van der Waals surface area contributed by atoms with Gasteiger partial charge in [-0.3, -0.25) is 9.59 Å². The third kappa shape index (κ3) is 4.31. The number of aliphatic carboxylic acids is 1.